The number of aliphatic hydroxyl groups excluding tert-OH is 1. The summed E-state index contributed by atoms with van der Waals surface area (Å²) in [5, 5.41) is 9.31. The van der Waals surface area contributed by atoms with Crippen LogP contribution >= 0.6 is 0 Å². The zero-order valence-electron chi connectivity index (χ0n) is 9.94. The van der Waals surface area contributed by atoms with Crippen molar-refractivity contribution in [2.24, 2.45) is 0 Å². The van der Waals surface area contributed by atoms with Gasteiger partial charge >= 0.3 is 0 Å². The third kappa shape index (κ3) is 1.77. The Bertz CT molecular complexity index is 557. The van der Waals surface area contributed by atoms with Gasteiger partial charge in [-0.3, -0.25) is 0 Å². The summed E-state index contributed by atoms with van der Waals surface area (Å²) in [5.74, 6) is -0.342. The number of benzene rings is 2. The van der Waals surface area contributed by atoms with Crippen LogP contribution in [-0.2, 0) is 19.7 Å². The second-order valence-electron chi connectivity index (χ2n) is 4.52. The maximum atomic E-state index is 13.6. The van der Waals surface area contributed by atoms with Crippen LogP contribution in [0.1, 0.15) is 16.7 Å². The third-order valence-corrected chi connectivity index (χ3v) is 3.43. The van der Waals surface area contributed by atoms with Gasteiger partial charge in [0, 0.05) is 24.3 Å². The molecule has 0 aromatic heterocycles. The molecule has 3 heteroatoms. The first-order valence-corrected chi connectivity index (χ1v) is 5.99. The molecule has 1 N–H and O–H groups in total. The normalized spacial score (nSPS) is 13.8. The molecule has 0 atom stereocenters. The quantitative estimate of drug-likeness (QED) is 0.876. The lowest BCUT2D eigenvalue weighted by molar-refractivity contribution is 0.276. The molecular formula is C15H14FNO. The van der Waals surface area contributed by atoms with Gasteiger partial charge in [0.1, 0.15) is 5.82 Å². The topological polar surface area (TPSA) is 23.5 Å². The fraction of sp³-hybridized carbons (Fsp3) is 0.200. The van der Waals surface area contributed by atoms with Crippen LogP contribution in [0.15, 0.2) is 42.5 Å². The van der Waals surface area contributed by atoms with Crippen LogP contribution in [0.3, 0.4) is 0 Å². The fourth-order valence-corrected chi connectivity index (χ4v) is 2.50. The largest absolute Gasteiger partial charge is 0.391 e. The second kappa shape index (κ2) is 4.42. The van der Waals surface area contributed by atoms with E-state index in [0.717, 1.165) is 18.8 Å². The predicted molar refractivity (Wildman–Crippen MR) is 68.7 cm³/mol. The van der Waals surface area contributed by atoms with Gasteiger partial charge < -0.3 is 10.0 Å². The van der Waals surface area contributed by atoms with E-state index < -0.39 is 0 Å². The molecule has 0 bridgehead atoms. The first-order valence-electron chi connectivity index (χ1n) is 5.99. The highest BCUT2D eigenvalue weighted by atomic mass is 19.1. The summed E-state index contributed by atoms with van der Waals surface area (Å²) in [6.45, 7) is 1.27. The molecule has 0 saturated carbocycles. The van der Waals surface area contributed by atoms with E-state index in [1.807, 2.05) is 18.2 Å². The Labute approximate surface area is 105 Å². The van der Waals surface area contributed by atoms with Crippen molar-refractivity contribution in [3.05, 3.63) is 65.0 Å². The molecule has 92 valence electrons. The Balaban J connectivity index is 1.97. The maximum Gasteiger partial charge on any atom is 0.130 e. The molecule has 3 rings (SSSR count). The molecule has 1 aliphatic rings. The number of rotatable bonds is 2. The van der Waals surface area contributed by atoms with Gasteiger partial charge in [0.25, 0.3) is 0 Å². The fourth-order valence-electron chi connectivity index (χ4n) is 2.50. The summed E-state index contributed by atoms with van der Waals surface area (Å²) in [6.07, 6.45) is 0. The van der Waals surface area contributed by atoms with Crippen molar-refractivity contribution in [2.75, 3.05) is 4.90 Å². The van der Waals surface area contributed by atoms with Gasteiger partial charge in [0.15, 0.2) is 0 Å². The number of fused-ring (bicyclic) bond motifs is 1. The van der Waals surface area contributed by atoms with E-state index in [1.54, 1.807) is 6.07 Å². The average Bonchev–Trinajstić information content (AvgIpc) is 2.82. The van der Waals surface area contributed by atoms with Crippen LogP contribution in [0.4, 0.5) is 10.1 Å². The minimum atomic E-state index is -0.342. The Morgan fingerprint density at radius 1 is 1.00 bits per heavy atom. The van der Waals surface area contributed by atoms with E-state index in [1.165, 1.54) is 17.2 Å². The Morgan fingerprint density at radius 2 is 1.67 bits per heavy atom. The predicted octanol–water partition coefficient (Wildman–Crippen LogP) is 2.84. The number of hydrogen-bond acceptors (Lipinski definition) is 2. The first-order chi connectivity index (χ1) is 8.79. The van der Waals surface area contributed by atoms with Crippen LogP contribution in [-0.4, -0.2) is 5.11 Å². The summed E-state index contributed by atoms with van der Waals surface area (Å²) < 4.78 is 13.6. The van der Waals surface area contributed by atoms with Gasteiger partial charge in [-0.15, -0.1) is 0 Å². The van der Waals surface area contributed by atoms with Crippen LogP contribution in [0.2, 0.25) is 0 Å². The Hall–Kier alpha value is -1.87. The molecule has 2 aromatic carbocycles. The highest BCUT2D eigenvalue weighted by molar-refractivity contribution is 5.57. The van der Waals surface area contributed by atoms with Crippen LogP contribution in [0.25, 0.3) is 0 Å². The molecule has 0 aliphatic carbocycles. The molecule has 0 fully saturated rings. The van der Waals surface area contributed by atoms with E-state index in [9.17, 15) is 9.50 Å². The molecule has 0 amide bonds. The Morgan fingerprint density at radius 3 is 2.28 bits per heavy atom. The number of halogens is 1. The van der Waals surface area contributed by atoms with Crippen molar-refractivity contribution < 1.29 is 9.50 Å². The average molecular weight is 243 g/mol. The van der Waals surface area contributed by atoms with Gasteiger partial charge in [0.05, 0.1) is 6.61 Å². The standard InChI is InChI=1S/C15H14FNO/c16-14-6-3-7-15(13(14)10-18)17-8-11-4-1-2-5-12(11)9-17/h1-7,18H,8-10H2. The summed E-state index contributed by atoms with van der Waals surface area (Å²) in [5.41, 5.74) is 3.70. The molecule has 18 heavy (non-hydrogen) atoms. The summed E-state index contributed by atoms with van der Waals surface area (Å²) >= 11 is 0. The highest BCUT2D eigenvalue weighted by Crippen LogP contribution is 2.31. The van der Waals surface area contributed by atoms with Crippen molar-refractivity contribution in [2.45, 2.75) is 19.7 Å². The number of anilines is 1. The Kier molecular flexibility index (Phi) is 2.76. The van der Waals surface area contributed by atoms with E-state index in [4.69, 9.17) is 0 Å². The zero-order valence-corrected chi connectivity index (χ0v) is 9.94. The minimum absolute atomic E-state index is 0.269. The summed E-state index contributed by atoms with van der Waals surface area (Å²) in [6, 6.07) is 13.1. The van der Waals surface area contributed by atoms with Crippen molar-refractivity contribution in [3.63, 3.8) is 0 Å². The molecule has 0 spiro atoms. The smallest absolute Gasteiger partial charge is 0.130 e. The van der Waals surface area contributed by atoms with Gasteiger partial charge in [-0.1, -0.05) is 30.3 Å². The maximum absolute atomic E-state index is 13.6. The zero-order chi connectivity index (χ0) is 12.5. The summed E-state index contributed by atoms with van der Waals surface area (Å²) in [7, 11) is 0. The lowest BCUT2D eigenvalue weighted by Gasteiger charge is -2.21. The van der Waals surface area contributed by atoms with Crippen LogP contribution in [0, 0.1) is 5.82 Å². The highest BCUT2D eigenvalue weighted by Gasteiger charge is 2.21. The van der Waals surface area contributed by atoms with Crippen LogP contribution in [0.5, 0.6) is 0 Å². The third-order valence-electron chi connectivity index (χ3n) is 3.43. The molecular weight excluding hydrogens is 229 g/mol. The van der Waals surface area contributed by atoms with E-state index in [2.05, 4.69) is 17.0 Å². The first kappa shape index (κ1) is 11.2. The van der Waals surface area contributed by atoms with E-state index >= 15 is 0 Å². The molecule has 0 saturated heterocycles. The van der Waals surface area contributed by atoms with Gasteiger partial charge in [-0.2, -0.15) is 0 Å². The number of nitrogens with zero attached hydrogens (tertiary/aromatic N) is 1. The van der Waals surface area contributed by atoms with E-state index in [0.29, 0.717) is 5.56 Å². The SMILES string of the molecule is OCc1c(F)cccc1N1Cc2ccccc2C1. The monoisotopic (exact) mass is 243 g/mol. The summed E-state index contributed by atoms with van der Waals surface area (Å²) in [4.78, 5) is 2.10. The molecule has 0 unspecified atom stereocenters. The van der Waals surface area contributed by atoms with Crippen molar-refractivity contribution in [3.8, 4) is 0 Å². The molecule has 1 heterocycles. The van der Waals surface area contributed by atoms with Crippen molar-refractivity contribution in [1.82, 2.24) is 0 Å². The van der Waals surface area contributed by atoms with Gasteiger partial charge in [-0.05, 0) is 23.3 Å². The number of hydrogen-bond donors (Lipinski definition) is 1. The van der Waals surface area contributed by atoms with Gasteiger partial charge in [0.2, 0.25) is 0 Å². The van der Waals surface area contributed by atoms with E-state index in [-0.39, 0.29) is 12.4 Å². The van der Waals surface area contributed by atoms with Crippen molar-refractivity contribution in [1.29, 1.82) is 0 Å². The second-order valence-corrected chi connectivity index (χ2v) is 4.52. The van der Waals surface area contributed by atoms with Gasteiger partial charge in [-0.25, -0.2) is 4.39 Å². The minimum Gasteiger partial charge on any atom is -0.391 e. The lowest BCUT2D eigenvalue weighted by Crippen LogP contribution is -2.17. The molecule has 1 aliphatic heterocycles. The molecule has 0 radical (unpaired) electrons. The molecule has 2 nitrogen and oxygen atoms in total. The lowest BCUT2D eigenvalue weighted by atomic mass is 10.1. The number of aliphatic hydroxyl groups is 1. The van der Waals surface area contributed by atoms with Crippen LogP contribution < -0.4 is 4.90 Å². The van der Waals surface area contributed by atoms with Crippen molar-refractivity contribution >= 4 is 5.69 Å². The molecule has 2 aromatic rings.